The lowest BCUT2D eigenvalue weighted by Crippen LogP contribution is -2.23. The third-order valence-corrected chi connectivity index (χ3v) is 1.44. The van der Waals surface area contributed by atoms with E-state index in [1.807, 2.05) is 13.8 Å². The van der Waals surface area contributed by atoms with Crippen LogP contribution in [0.4, 0.5) is 0 Å². The zero-order valence-corrected chi connectivity index (χ0v) is 7.12. The predicted octanol–water partition coefficient (Wildman–Crippen LogP) is 0.716. The summed E-state index contributed by atoms with van der Waals surface area (Å²) in [6.45, 7) is 4.73. The molecule has 1 saturated heterocycles. The van der Waals surface area contributed by atoms with E-state index in [1.54, 1.807) is 0 Å². The Morgan fingerprint density at radius 1 is 1.55 bits per heavy atom. The van der Waals surface area contributed by atoms with Crippen molar-refractivity contribution in [3.63, 3.8) is 0 Å². The Labute approximate surface area is 66.3 Å². The highest BCUT2D eigenvalue weighted by Gasteiger charge is 2.32. The van der Waals surface area contributed by atoms with Gasteiger partial charge in [-0.05, 0) is 13.8 Å². The molecule has 4 nitrogen and oxygen atoms in total. The molecule has 0 radical (unpaired) electrons. The molecule has 0 aromatic carbocycles. The van der Waals surface area contributed by atoms with E-state index in [4.69, 9.17) is 14.4 Å². The second kappa shape index (κ2) is 3.49. The molecule has 0 saturated carbocycles. The van der Waals surface area contributed by atoms with Gasteiger partial charge in [0, 0.05) is 0 Å². The Balaban J connectivity index is 2.20. The number of rotatable bonds is 3. The highest BCUT2D eigenvalue weighted by molar-refractivity contribution is 4.69. The molecular weight excluding hydrogens is 148 g/mol. The monoisotopic (exact) mass is 162 g/mol. The zero-order valence-electron chi connectivity index (χ0n) is 7.12. The lowest BCUT2D eigenvalue weighted by atomic mass is 10.4. The maximum Gasteiger partial charge on any atom is 0.163 e. The van der Waals surface area contributed by atoms with Gasteiger partial charge in [-0.2, -0.15) is 0 Å². The topological polar surface area (TPSA) is 36.9 Å². The Morgan fingerprint density at radius 2 is 2.27 bits per heavy atom. The van der Waals surface area contributed by atoms with E-state index in [-0.39, 0.29) is 6.10 Å². The maximum atomic E-state index is 5.42. The van der Waals surface area contributed by atoms with E-state index < -0.39 is 5.79 Å². The van der Waals surface area contributed by atoms with Crippen molar-refractivity contribution in [3.8, 4) is 0 Å². The molecule has 4 heteroatoms. The molecule has 0 bridgehead atoms. The fraction of sp³-hybridized carbons (Fsp3) is 1.00. The van der Waals surface area contributed by atoms with Crippen molar-refractivity contribution in [2.75, 3.05) is 20.3 Å². The molecule has 1 unspecified atom stereocenters. The highest BCUT2D eigenvalue weighted by Crippen LogP contribution is 2.22. The smallest absolute Gasteiger partial charge is 0.163 e. The van der Waals surface area contributed by atoms with Crippen LogP contribution in [0.1, 0.15) is 13.8 Å². The molecule has 0 aromatic heterocycles. The largest absolute Gasteiger partial charge is 0.348 e. The van der Waals surface area contributed by atoms with Crippen molar-refractivity contribution in [3.05, 3.63) is 0 Å². The summed E-state index contributed by atoms with van der Waals surface area (Å²) in [5, 5.41) is 0. The average Bonchev–Trinajstić information content (AvgIpc) is 2.26. The summed E-state index contributed by atoms with van der Waals surface area (Å²) in [5.41, 5.74) is 0. The van der Waals surface area contributed by atoms with E-state index in [0.717, 1.165) is 0 Å². The summed E-state index contributed by atoms with van der Waals surface area (Å²) in [6.07, 6.45) is -0.00931. The van der Waals surface area contributed by atoms with E-state index in [9.17, 15) is 0 Å². The number of hydrogen-bond acceptors (Lipinski definition) is 4. The average molecular weight is 162 g/mol. The van der Waals surface area contributed by atoms with Crippen LogP contribution in [-0.2, 0) is 19.2 Å². The van der Waals surface area contributed by atoms with Gasteiger partial charge in [0.05, 0.1) is 13.7 Å². The normalized spacial score (nSPS) is 29.2. The third-order valence-electron chi connectivity index (χ3n) is 1.44. The quantitative estimate of drug-likeness (QED) is 0.452. The second-order valence-electron chi connectivity index (χ2n) is 2.90. The first-order chi connectivity index (χ1) is 5.14. The van der Waals surface area contributed by atoms with Crippen LogP contribution >= 0.6 is 0 Å². The molecule has 0 aromatic rings. The van der Waals surface area contributed by atoms with E-state index in [0.29, 0.717) is 13.2 Å². The molecule has 11 heavy (non-hydrogen) atoms. The van der Waals surface area contributed by atoms with Gasteiger partial charge in [0.25, 0.3) is 0 Å². The minimum absolute atomic E-state index is 0.00931. The molecule has 1 rings (SSSR count). The summed E-state index contributed by atoms with van der Waals surface area (Å²) in [7, 11) is 1.47. The van der Waals surface area contributed by atoms with Gasteiger partial charge in [-0.1, -0.05) is 0 Å². The standard InChI is InChI=1S/C7H14O4/c1-7(2)9-4-6(11-7)5-10-8-3/h6H,4-5H2,1-3H3. The van der Waals surface area contributed by atoms with Crippen molar-refractivity contribution < 1.29 is 19.2 Å². The molecule has 1 aliphatic rings. The second-order valence-corrected chi connectivity index (χ2v) is 2.90. The molecule has 1 fully saturated rings. The predicted molar refractivity (Wildman–Crippen MR) is 37.9 cm³/mol. The van der Waals surface area contributed by atoms with Crippen LogP contribution < -0.4 is 0 Å². The summed E-state index contributed by atoms with van der Waals surface area (Å²) in [5.74, 6) is -0.470. The third kappa shape index (κ3) is 2.75. The molecule has 1 atom stereocenters. The van der Waals surface area contributed by atoms with Gasteiger partial charge >= 0.3 is 0 Å². The van der Waals surface area contributed by atoms with Crippen molar-refractivity contribution in [1.82, 2.24) is 0 Å². The summed E-state index contributed by atoms with van der Waals surface area (Å²) in [6, 6.07) is 0. The molecule has 0 amide bonds. The summed E-state index contributed by atoms with van der Waals surface area (Å²) in [4.78, 5) is 9.14. The molecule has 66 valence electrons. The van der Waals surface area contributed by atoms with Gasteiger partial charge in [0.15, 0.2) is 5.79 Å². The fourth-order valence-electron chi connectivity index (χ4n) is 0.989. The van der Waals surface area contributed by atoms with Gasteiger partial charge in [0.2, 0.25) is 0 Å². The van der Waals surface area contributed by atoms with Crippen molar-refractivity contribution in [2.45, 2.75) is 25.7 Å². The van der Waals surface area contributed by atoms with E-state index in [1.165, 1.54) is 7.11 Å². The lowest BCUT2D eigenvalue weighted by molar-refractivity contribution is -0.287. The van der Waals surface area contributed by atoms with Gasteiger partial charge in [-0.3, -0.25) is 0 Å². The Bertz CT molecular complexity index is 124. The number of hydrogen-bond donors (Lipinski definition) is 0. The Hall–Kier alpha value is -0.160. The minimum atomic E-state index is -0.470. The molecule has 0 aliphatic carbocycles. The minimum Gasteiger partial charge on any atom is -0.348 e. The summed E-state index contributed by atoms with van der Waals surface area (Å²) >= 11 is 0. The van der Waals surface area contributed by atoms with Gasteiger partial charge in [0.1, 0.15) is 12.7 Å². The van der Waals surface area contributed by atoms with Crippen molar-refractivity contribution in [1.29, 1.82) is 0 Å². The lowest BCUT2D eigenvalue weighted by Gasteiger charge is -2.16. The van der Waals surface area contributed by atoms with Crippen LogP contribution in [0.25, 0.3) is 0 Å². The van der Waals surface area contributed by atoms with E-state index >= 15 is 0 Å². The van der Waals surface area contributed by atoms with Crippen LogP contribution in [0, 0.1) is 0 Å². The fourth-order valence-corrected chi connectivity index (χ4v) is 0.989. The summed E-state index contributed by atoms with van der Waals surface area (Å²) < 4.78 is 10.7. The molecule has 0 N–H and O–H groups in total. The Kier molecular flexibility index (Phi) is 2.84. The first-order valence-corrected chi connectivity index (χ1v) is 3.61. The van der Waals surface area contributed by atoms with Gasteiger partial charge in [-0.25, -0.2) is 9.78 Å². The molecular formula is C7H14O4. The van der Waals surface area contributed by atoms with Gasteiger partial charge in [-0.15, -0.1) is 0 Å². The van der Waals surface area contributed by atoms with Crippen LogP contribution in [-0.4, -0.2) is 32.2 Å². The SMILES string of the molecule is COOCC1COC(C)(C)O1. The van der Waals surface area contributed by atoms with Gasteiger partial charge < -0.3 is 9.47 Å². The van der Waals surface area contributed by atoms with Crippen LogP contribution in [0.2, 0.25) is 0 Å². The van der Waals surface area contributed by atoms with Crippen LogP contribution in [0.15, 0.2) is 0 Å². The molecule has 0 spiro atoms. The van der Waals surface area contributed by atoms with Crippen LogP contribution in [0.5, 0.6) is 0 Å². The van der Waals surface area contributed by atoms with Crippen LogP contribution in [0.3, 0.4) is 0 Å². The first kappa shape index (κ1) is 8.93. The zero-order chi connectivity index (χ0) is 8.32. The number of ether oxygens (including phenoxy) is 2. The molecule has 1 aliphatic heterocycles. The van der Waals surface area contributed by atoms with E-state index in [2.05, 4.69) is 4.89 Å². The van der Waals surface area contributed by atoms with Crippen molar-refractivity contribution in [2.24, 2.45) is 0 Å². The first-order valence-electron chi connectivity index (χ1n) is 3.61. The maximum absolute atomic E-state index is 5.42. The Morgan fingerprint density at radius 3 is 2.73 bits per heavy atom. The van der Waals surface area contributed by atoms with Crippen molar-refractivity contribution >= 4 is 0 Å². The molecule has 1 heterocycles. The highest BCUT2D eigenvalue weighted by atomic mass is 17.2.